The Morgan fingerprint density at radius 2 is 2.06 bits per heavy atom. The monoisotopic (exact) mass is 223 g/mol. The van der Waals surface area contributed by atoms with Crippen molar-refractivity contribution >= 4 is 11.7 Å². The number of aromatic nitrogens is 2. The summed E-state index contributed by atoms with van der Waals surface area (Å²) in [7, 11) is 0. The number of hydrogen-bond donors (Lipinski definition) is 2. The van der Waals surface area contributed by atoms with Crippen LogP contribution in [0.15, 0.2) is 0 Å². The van der Waals surface area contributed by atoms with E-state index in [2.05, 4.69) is 22.4 Å². The second kappa shape index (κ2) is 6.30. The molecule has 0 unspecified atom stereocenters. The van der Waals surface area contributed by atoms with Crippen molar-refractivity contribution in [2.45, 2.75) is 52.9 Å². The molecule has 4 nitrogen and oxygen atoms in total. The lowest BCUT2D eigenvalue weighted by molar-refractivity contribution is -0.116. The molecule has 2 N–H and O–H groups in total. The average molecular weight is 223 g/mol. The number of nitrogens with one attached hydrogen (secondary N) is 2. The number of aryl methyl sites for hydroxylation is 1. The van der Waals surface area contributed by atoms with E-state index in [9.17, 15) is 4.79 Å². The summed E-state index contributed by atoms with van der Waals surface area (Å²) in [5, 5.41) is 9.72. The molecule has 1 amide bonds. The number of anilines is 1. The second-order valence-electron chi connectivity index (χ2n) is 4.18. The minimum atomic E-state index is 0.0608. The van der Waals surface area contributed by atoms with Crippen molar-refractivity contribution in [3.63, 3.8) is 0 Å². The highest BCUT2D eigenvalue weighted by molar-refractivity contribution is 5.90. The Morgan fingerprint density at radius 1 is 1.31 bits per heavy atom. The molecule has 1 heterocycles. The van der Waals surface area contributed by atoms with Gasteiger partial charge in [-0.25, -0.2) is 0 Å². The number of H-pyrrole nitrogens is 1. The normalized spacial score (nSPS) is 10.4. The van der Waals surface area contributed by atoms with Gasteiger partial charge in [-0.05, 0) is 20.3 Å². The number of aromatic amines is 1. The summed E-state index contributed by atoms with van der Waals surface area (Å²) < 4.78 is 0. The van der Waals surface area contributed by atoms with Crippen molar-refractivity contribution in [3.05, 3.63) is 11.3 Å². The Morgan fingerprint density at radius 3 is 2.62 bits per heavy atom. The van der Waals surface area contributed by atoms with E-state index in [1.807, 2.05) is 13.8 Å². The van der Waals surface area contributed by atoms with Crippen LogP contribution >= 0.6 is 0 Å². The molecule has 4 heteroatoms. The maximum Gasteiger partial charge on any atom is 0.225 e. The molecule has 1 aromatic rings. The molecule has 0 atom stereocenters. The highest BCUT2D eigenvalue weighted by Crippen LogP contribution is 2.14. The van der Waals surface area contributed by atoms with E-state index in [0.717, 1.165) is 24.1 Å². The maximum atomic E-state index is 11.6. The second-order valence-corrected chi connectivity index (χ2v) is 4.18. The Balaban J connectivity index is 2.31. The van der Waals surface area contributed by atoms with Crippen LogP contribution in [-0.4, -0.2) is 16.1 Å². The zero-order chi connectivity index (χ0) is 12.0. The van der Waals surface area contributed by atoms with Gasteiger partial charge in [0.15, 0.2) is 5.82 Å². The Bertz CT molecular complexity index is 344. The highest BCUT2D eigenvalue weighted by atomic mass is 16.1. The van der Waals surface area contributed by atoms with Gasteiger partial charge in [0.2, 0.25) is 5.91 Å². The van der Waals surface area contributed by atoms with E-state index in [0.29, 0.717) is 12.2 Å². The number of carbonyl (C=O) groups excluding carboxylic acids is 1. The quantitative estimate of drug-likeness (QED) is 0.728. The van der Waals surface area contributed by atoms with Crippen molar-refractivity contribution in [3.8, 4) is 0 Å². The topological polar surface area (TPSA) is 57.8 Å². The van der Waals surface area contributed by atoms with E-state index in [4.69, 9.17) is 0 Å². The fraction of sp³-hybridized carbons (Fsp3) is 0.667. The van der Waals surface area contributed by atoms with Crippen molar-refractivity contribution in [1.29, 1.82) is 0 Å². The minimum Gasteiger partial charge on any atom is -0.309 e. The number of rotatable bonds is 6. The molecule has 0 fully saturated rings. The number of unbranched alkanes of at least 4 members (excludes halogenated alkanes) is 3. The summed E-state index contributed by atoms with van der Waals surface area (Å²) in [6.07, 6.45) is 5.07. The summed E-state index contributed by atoms with van der Waals surface area (Å²) >= 11 is 0. The van der Waals surface area contributed by atoms with E-state index in [-0.39, 0.29) is 5.91 Å². The molecular formula is C12H21N3O. The fourth-order valence-corrected chi connectivity index (χ4v) is 1.51. The first-order valence-electron chi connectivity index (χ1n) is 5.96. The smallest absolute Gasteiger partial charge is 0.225 e. The maximum absolute atomic E-state index is 11.6. The van der Waals surface area contributed by atoms with Crippen LogP contribution in [0.4, 0.5) is 5.82 Å². The molecule has 0 saturated heterocycles. The van der Waals surface area contributed by atoms with Crippen LogP contribution in [0.3, 0.4) is 0 Å². The predicted molar refractivity (Wildman–Crippen MR) is 65.5 cm³/mol. The molecule has 0 spiro atoms. The summed E-state index contributed by atoms with van der Waals surface area (Å²) in [6.45, 7) is 6.06. The third-order valence-corrected chi connectivity index (χ3v) is 2.77. The van der Waals surface area contributed by atoms with Crippen molar-refractivity contribution in [2.75, 3.05) is 5.32 Å². The molecule has 0 radical (unpaired) electrons. The van der Waals surface area contributed by atoms with Crippen LogP contribution in [0.1, 0.15) is 50.3 Å². The molecule has 0 aromatic carbocycles. The molecule has 0 aliphatic carbocycles. The Kier molecular flexibility index (Phi) is 5.02. The average Bonchev–Trinajstić information content (AvgIpc) is 2.56. The van der Waals surface area contributed by atoms with Gasteiger partial charge in [-0.1, -0.05) is 26.2 Å². The molecule has 0 aliphatic rings. The summed E-state index contributed by atoms with van der Waals surface area (Å²) in [6, 6.07) is 0. The first-order chi connectivity index (χ1) is 7.65. The lowest BCUT2D eigenvalue weighted by Gasteiger charge is -2.02. The molecule has 0 saturated carbocycles. The van der Waals surface area contributed by atoms with Crippen LogP contribution in [-0.2, 0) is 4.79 Å². The van der Waals surface area contributed by atoms with Crippen LogP contribution in [0.5, 0.6) is 0 Å². The summed E-state index contributed by atoms with van der Waals surface area (Å²) in [5.41, 5.74) is 2.02. The van der Waals surface area contributed by atoms with Gasteiger partial charge in [-0.15, -0.1) is 0 Å². The molecular weight excluding hydrogens is 202 g/mol. The number of carbonyl (C=O) groups is 1. The van der Waals surface area contributed by atoms with Crippen molar-refractivity contribution < 1.29 is 4.79 Å². The van der Waals surface area contributed by atoms with Gasteiger partial charge >= 0.3 is 0 Å². The fourth-order valence-electron chi connectivity index (χ4n) is 1.51. The highest BCUT2D eigenvalue weighted by Gasteiger charge is 2.08. The number of nitrogens with zero attached hydrogens (tertiary/aromatic N) is 1. The predicted octanol–water partition coefficient (Wildman–Crippen LogP) is 2.94. The molecule has 90 valence electrons. The van der Waals surface area contributed by atoms with Gasteiger partial charge in [-0.3, -0.25) is 9.89 Å². The zero-order valence-electron chi connectivity index (χ0n) is 10.4. The summed E-state index contributed by atoms with van der Waals surface area (Å²) in [4.78, 5) is 11.6. The van der Waals surface area contributed by atoms with Gasteiger partial charge in [0.05, 0.1) is 0 Å². The first kappa shape index (κ1) is 12.7. The molecule has 1 rings (SSSR count). The van der Waals surface area contributed by atoms with E-state index >= 15 is 0 Å². The van der Waals surface area contributed by atoms with Crippen LogP contribution in [0.2, 0.25) is 0 Å². The lowest BCUT2D eigenvalue weighted by Crippen LogP contribution is -2.12. The van der Waals surface area contributed by atoms with Crippen LogP contribution in [0.25, 0.3) is 0 Å². The number of amides is 1. The van der Waals surface area contributed by atoms with E-state index in [1.54, 1.807) is 0 Å². The lowest BCUT2D eigenvalue weighted by atomic mass is 10.1. The van der Waals surface area contributed by atoms with Crippen molar-refractivity contribution in [2.24, 2.45) is 0 Å². The largest absolute Gasteiger partial charge is 0.309 e. The van der Waals surface area contributed by atoms with Gasteiger partial charge in [0.25, 0.3) is 0 Å². The standard InChI is InChI=1S/C12H21N3O/c1-4-5-6-7-8-11(16)13-12-9(2)10(3)14-15-12/h4-8H2,1-3H3,(H2,13,14,15,16). The molecule has 0 aliphatic heterocycles. The van der Waals surface area contributed by atoms with Gasteiger partial charge in [-0.2, -0.15) is 5.10 Å². The number of hydrogen-bond acceptors (Lipinski definition) is 2. The van der Waals surface area contributed by atoms with Gasteiger partial charge < -0.3 is 5.32 Å². The Hall–Kier alpha value is -1.32. The van der Waals surface area contributed by atoms with Crippen LogP contribution in [0, 0.1) is 13.8 Å². The van der Waals surface area contributed by atoms with Gasteiger partial charge in [0, 0.05) is 17.7 Å². The summed E-state index contributed by atoms with van der Waals surface area (Å²) in [5.74, 6) is 0.726. The van der Waals surface area contributed by atoms with E-state index < -0.39 is 0 Å². The van der Waals surface area contributed by atoms with Crippen LogP contribution < -0.4 is 5.32 Å². The SMILES string of the molecule is CCCCCCC(=O)Nc1n[nH]c(C)c1C. The van der Waals surface area contributed by atoms with Gasteiger partial charge in [0.1, 0.15) is 0 Å². The third-order valence-electron chi connectivity index (χ3n) is 2.77. The first-order valence-corrected chi connectivity index (χ1v) is 5.96. The van der Waals surface area contributed by atoms with Crippen molar-refractivity contribution in [1.82, 2.24) is 10.2 Å². The zero-order valence-corrected chi connectivity index (χ0v) is 10.4. The van der Waals surface area contributed by atoms with E-state index in [1.165, 1.54) is 12.8 Å². The molecule has 16 heavy (non-hydrogen) atoms. The third kappa shape index (κ3) is 3.68. The Labute approximate surface area is 96.8 Å². The molecule has 1 aromatic heterocycles. The minimum absolute atomic E-state index is 0.0608. The molecule has 0 bridgehead atoms.